The van der Waals surface area contributed by atoms with Gasteiger partial charge in [0.05, 0.1) is 22.6 Å². The number of likely N-dealkylation sites (tertiary alicyclic amines) is 1. The maximum Gasteiger partial charge on any atom is 0.241 e. The van der Waals surface area contributed by atoms with Crippen LogP contribution in [0.25, 0.3) is 11.1 Å². The van der Waals surface area contributed by atoms with Gasteiger partial charge in [-0.25, -0.2) is 13.1 Å². The van der Waals surface area contributed by atoms with E-state index < -0.39 is 16.1 Å². The summed E-state index contributed by atoms with van der Waals surface area (Å²) in [4.78, 5) is 2.30. The van der Waals surface area contributed by atoms with E-state index in [0.717, 1.165) is 37.9 Å². The number of nitrogens with zero attached hydrogens (tertiary/aromatic N) is 1. The van der Waals surface area contributed by atoms with E-state index >= 15 is 0 Å². The largest absolute Gasteiger partial charge is 0.494 e. The van der Waals surface area contributed by atoms with E-state index in [0.29, 0.717) is 58.6 Å². The first kappa shape index (κ1) is 31.6. The molecule has 0 radical (unpaired) electrons. The Labute approximate surface area is 254 Å². The fraction of sp³-hybridized carbons (Fsp3) is 0.344. The van der Waals surface area contributed by atoms with E-state index in [2.05, 4.69) is 16.2 Å². The van der Waals surface area contributed by atoms with Gasteiger partial charge in [-0.3, -0.25) is 5.41 Å². The van der Waals surface area contributed by atoms with Gasteiger partial charge in [-0.15, -0.1) is 0 Å². The maximum atomic E-state index is 13.8. The zero-order valence-corrected chi connectivity index (χ0v) is 25.6. The van der Waals surface area contributed by atoms with Crippen LogP contribution in [0.4, 0.5) is 0 Å². The number of hydrogen-bond donors (Lipinski definition) is 4. The molecule has 1 aliphatic heterocycles. The van der Waals surface area contributed by atoms with Crippen molar-refractivity contribution in [3.63, 3.8) is 0 Å². The fourth-order valence-corrected chi connectivity index (χ4v) is 6.92. The summed E-state index contributed by atoms with van der Waals surface area (Å²) in [7, 11) is -3.96. The van der Waals surface area contributed by atoms with Gasteiger partial charge in [-0.1, -0.05) is 48.5 Å². The highest BCUT2D eigenvalue weighted by atomic mass is 35.5. The number of piperidine rings is 1. The highest BCUT2D eigenvalue weighted by molar-refractivity contribution is 7.89. The molecule has 3 aromatic carbocycles. The van der Waals surface area contributed by atoms with Crippen molar-refractivity contribution in [1.82, 2.24) is 9.62 Å². The highest BCUT2D eigenvalue weighted by Gasteiger charge is 2.28. The van der Waals surface area contributed by atoms with Crippen molar-refractivity contribution in [2.45, 2.75) is 43.5 Å². The molecule has 0 saturated carbocycles. The second-order valence-electron chi connectivity index (χ2n) is 10.6. The topological polar surface area (TPSA) is 135 Å². The van der Waals surface area contributed by atoms with E-state index in [1.54, 1.807) is 30.3 Å². The molecular formula is C32H40ClN5O3S. The summed E-state index contributed by atoms with van der Waals surface area (Å²) >= 11 is 6.54. The van der Waals surface area contributed by atoms with Crippen LogP contribution in [-0.2, 0) is 16.4 Å². The molecular weight excluding hydrogens is 570 g/mol. The van der Waals surface area contributed by atoms with E-state index in [9.17, 15) is 8.42 Å². The summed E-state index contributed by atoms with van der Waals surface area (Å²) in [5.41, 5.74) is 15.0. The third kappa shape index (κ3) is 7.92. The van der Waals surface area contributed by atoms with Crippen LogP contribution in [0.2, 0.25) is 5.02 Å². The molecule has 1 saturated heterocycles. The molecule has 1 heterocycles. The van der Waals surface area contributed by atoms with Gasteiger partial charge in [0.2, 0.25) is 10.0 Å². The Kier molecular flexibility index (Phi) is 10.7. The van der Waals surface area contributed by atoms with Gasteiger partial charge < -0.3 is 21.1 Å². The Morgan fingerprint density at radius 1 is 1.14 bits per heavy atom. The maximum absolute atomic E-state index is 13.8. The van der Waals surface area contributed by atoms with Crippen LogP contribution in [0.5, 0.6) is 5.75 Å². The van der Waals surface area contributed by atoms with Crippen LogP contribution in [0.15, 0.2) is 83.9 Å². The fourth-order valence-electron chi connectivity index (χ4n) is 5.37. The number of nitrogens with one attached hydrogen (secondary N) is 2. The van der Waals surface area contributed by atoms with E-state index in [4.69, 9.17) is 33.2 Å². The molecule has 0 unspecified atom stereocenters. The second-order valence-corrected chi connectivity index (χ2v) is 12.7. The van der Waals surface area contributed by atoms with E-state index in [1.165, 1.54) is 0 Å². The van der Waals surface area contributed by atoms with Gasteiger partial charge in [0, 0.05) is 29.9 Å². The first-order chi connectivity index (χ1) is 20.1. The van der Waals surface area contributed by atoms with Crippen LogP contribution in [0, 0.1) is 11.3 Å². The minimum Gasteiger partial charge on any atom is -0.494 e. The smallest absolute Gasteiger partial charge is 0.241 e. The molecule has 1 atom stereocenters. The summed E-state index contributed by atoms with van der Waals surface area (Å²) in [6.45, 7) is 9.03. The van der Waals surface area contributed by atoms with Gasteiger partial charge in [-0.05, 0) is 92.6 Å². The minimum absolute atomic E-state index is 0.0421. The summed E-state index contributed by atoms with van der Waals surface area (Å²) in [6, 6.07) is 18.8. The predicted molar refractivity (Wildman–Crippen MR) is 170 cm³/mol. The third-order valence-electron chi connectivity index (χ3n) is 7.68. The average Bonchev–Trinajstić information content (AvgIpc) is 2.97. The van der Waals surface area contributed by atoms with Crippen molar-refractivity contribution in [2.24, 2.45) is 17.4 Å². The van der Waals surface area contributed by atoms with Gasteiger partial charge in [-0.2, -0.15) is 0 Å². The van der Waals surface area contributed by atoms with Crippen molar-refractivity contribution in [2.75, 3.05) is 26.2 Å². The number of rotatable bonds is 13. The molecule has 10 heteroatoms. The van der Waals surface area contributed by atoms with Crippen molar-refractivity contribution >= 4 is 27.5 Å². The Morgan fingerprint density at radius 2 is 1.88 bits per heavy atom. The first-order valence-electron chi connectivity index (χ1n) is 14.2. The van der Waals surface area contributed by atoms with Crippen molar-refractivity contribution < 1.29 is 13.2 Å². The summed E-state index contributed by atoms with van der Waals surface area (Å²) in [5, 5.41) is 8.29. The molecule has 0 spiro atoms. The number of nitrogen functional groups attached to an aromatic ring is 1. The number of nitrogens with two attached hydrogens (primary N) is 2. The molecule has 4 rings (SSSR count). The lowest BCUT2D eigenvalue weighted by atomic mass is 9.92. The molecule has 8 nitrogen and oxygen atoms in total. The van der Waals surface area contributed by atoms with E-state index in [-0.39, 0.29) is 10.7 Å². The molecule has 0 amide bonds. The Hall–Kier alpha value is -3.37. The van der Waals surface area contributed by atoms with Crippen LogP contribution in [0.1, 0.15) is 37.3 Å². The molecule has 1 aliphatic rings. The summed E-state index contributed by atoms with van der Waals surface area (Å²) in [5.74, 6) is 1.18. The molecule has 0 aliphatic carbocycles. The van der Waals surface area contributed by atoms with Crippen molar-refractivity contribution in [3.05, 3.63) is 95.2 Å². The predicted octanol–water partition coefficient (Wildman–Crippen LogP) is 5.15. The zero-order chi connectivity index (χ0) is 30.3. The second kappa shape index (κ2) is 14.2. The number of benzene rings is 3. The quantitative estimate of drug-likeness (QED) is 0.156. The standard InChI is InChI=1S/C32H40ClN5O3S/c1-3-41-27-10-11-29(30(33)21-27)25-7-5-9-28(20-25)42(39,40)37-31(19-24-6-4-8-26(18-24)32(35)36)22(2)38-16-13-23(12-15-34)14-17-38/h4-11,18,20-21,23,31,37H,2-3,12-17,19,34H2,1H3,(H3,35,36)/t31-/m0/s1. The summed E-state index contributed by atoms with van der Waals surface area (Å²) < 4.78 is 36.2. The zero-order valence-electron chi connectivity index (χ0n) is 24.0. The molecule has 1 fully saturated rings. The summed E-state index contributed by atoms with van der Waals surface area (Å²) in [6.07, 6.45) is 3.32. The van der Waals surface area contributed by atoms with Gasteiger partial charge in [0.1, 0.15) is 11.6 Å². The monoisotopic (exact) mass is 609 g/mol. The number of amidine groups is 1. The van der Waals surface area contributed by atoms with Gasteiger partial charge >= 0.3 is 0 Å². The van der Waals surface area contributed by atoms with Crippen molar-refractivity contribution in [1.29, 1.82) is 5.41 Å². The molecule has 0 bridgehead atoms. The SMILES string of the molecule is C=C([C@H](Cc1cccc(C(=N)N)c1)NS(=O)(=O)c1cccc(-c2ccc(OCC)cc2Cl)c1)N1CCC(CCN)CC1. The first-order valence-corrected chi connectivity index (χ1v) is 16.1. The minimum atomic E-state index is -3.96. The molecule has 224 valence electrons. The lowest BCUT2D eigenvalue weighted by Crippen LogP contribution is -2.45. The Morgan fingerprint density at radius 3 is 2.55 bits per heavy atom. The number of hydrogen-bond acceptors (Lipinski definition) is 6. The van der Waals surface area contributed by atoms with E-state index in [1.807, 2.05) is 43.3 Å². The van der Waals surface area contributed by atoms with Crippen LogP contribution in [-0.4, -0.2) is 51.4 Å². The normalized spacial score (nSPS) is 14.9. The number of sulfonamides is 1. The Bertz CT molecular complexity index is 1520. The number of halogens is 1. The van der Waals surface area contributed by atoms with Crippen LogP contribution >= 0.6 is 11.6 Å². The lowest BCUT2D eigenvalue weighted by Gasteiger charge is -2.37. The molecule has 0 aromatic heterocycles. The van der Waals surface area contributed by atoms with Crippen molar-refractivity contribution in [3.8, 4) is 16.9 Å². The lowest BCUT2D eigenvalue weighted by molar-refractivity contribution is 0.209. The highest BCUT2D eigenvalue weighted by Crippen LogP contribution is 2.33. The van der Waals surface area contributed by atoms with Gasteiger partial charge in [0.15, 0.2) is 0 Å². The third-order valence-corrected chi connectivity index (χ3v) is 9.46. The molecule has 6 N–H and O–H groups in total. The Balaban J connectivity index is 1.61. The average molecular weight is 610 g/mol. The van der Waals surface area contributed by atoms with Crippen LogP contribution in [0.3, 0.4) is 0 Å². The molecule has 42 heavy (non-hydrogen) atoms. The van der Waals surface area contributed by atoms with Gasteiger partial charge in [0.25, 0.3) is 0 Å². The molecule has 3 aromatic rings. The van der Waals surface area contributed by atoms with Crippen LogP contribution < -0.4 is 20.9 Å². The number of ether oxygens (including phenoxy) is 1.